The number of alkyl halides is 4. The van der Waals surface area contributed by atoms with Crippen molar-refractivity contribution in [2.75, 3.05) is 0 Å². The van der Waals surface area contributed by atoms with Crippen molar-refractivity contribution >= 4 is 66.7 Å². The van der Waals surface area contributed by atoms with Crippen molar-refractivity contribution in [1.82, 2.24) is 9.78 Å². The maximum absolute atomic E-state index is 13.0. The fourth-order valence-corrected chi connectivity index (χ4v) is 4.14. The first kappa shape index (κ1) is 18.4. The lowest BCUT2D eigenvalue weighted by molar-refractivity contribution is -0.0889. The zero-order valence-corrected chi connectivity index (χ0v) is 15.8. The van der Waals surface area contributed by atoms with E-state index in [9.17, 15) is 13.2 Å². The summed E-state index contributed by atoms with van der Waals surface area (Å²) in [6, 6.07) is 0.563. The summed E-state index contributed by atoms with van der Waals surface area (Å²) in [5.41, 5.74) is -0.940. The molecule has 2 rings (SSSR count). The summed E-state index contributed by atoms with van der Waals surface area (Å²) in [5.74, 6) is 0. The normalized spacial score (nSPS) is 25.5. The predicted octanol–water partition coefficient (Wildman–Crippen LogP) is 6.31. The van der Waals surface area contributed by atoms with E-state index < -0.39 is 22.7 Å². The molecule has 0 amide bonds. The average Bonchev–Trinajstić information content (AvgIpc) is 2.72. The molecule has 1 aromatic rings. The summed E-state index contributed by atoms with van der Waals surface area (Å²) < 4.78 is 40.7. The molecule has 0 saturated carbocycles. The predicted molar refractivity (Wildman–Crippen MR) is 88.9 cm³/mol. The molecule has 0 fully saturated rings. The van der Waals surface area contributed by atoms with Crippen molar-refractivity contribution in [3.05, 3.63) is 49.6 Å². The number of aromatic nitrogens is 2. The van der Waals surface area contributed by atoms with E-state index >= 15 is 0 Å². The van der Waals surface area contributed by atoms with Crippen LogP contribution in [0.15, 0.2) is 44.5 Å². The number of rotatable bonds is 2. The van der Waals surface area contributed by atoms with Gasteiger partial charge in [0, 0.05) is 5.03 Å². The Morgan fingerprint density at radius 1 is 1.36 bits per heavy atom. The summed E-state index contributed by atoms with van der Waals surface area (Å²) >= 11 is 24.7. The highest BCUT2D eigenvalue weighted by Gasteiger charge is 2.46. The molecule has 0 saturated heterocycles. The molecule has 120 valence electrons. The van der Waals surface area contributed by atoms with Gasteiger partial charge in [0.05, 0.1) is 15.2 Å². The Morgan fingerprint density at radius 3 is 2.45 bits per heavy atom. The van der Waals surface area contributed by atoms with Crippen LogP contribution in [0.1, 0.15) is 6.04 Å². The lowest BCUT2D eigenvalue weighted by atomic mass is 9.90. The van der Waals surface area contributed by atoms with E-state index in [0.717, 1.165) is 12.2 Å². The second-order valence-corrected chi connectivity index (χ2v) is 8.64. The van der Waals surface area contributed by atoms with Crippen molar-refractivity contribution < 1.29 is 13.2 Å². The summed E-state index contributed by atoms with van der Waals surface area (Å²) in [4.78, 5) is -1.62. The molecular formula is C12H6Br2Cl3F3N2. The first-order chi connectivity index (χ1) is 10.0. The van der Waals surface area contributed by atoms with Gasteiger partial charge in [0.1, 0.15) is 16.1 Å². The summed E-state index contributed by atoms with van der Waals surface area (Å²) in [7, 11) is 0. The molecule has 2 atom stereocenters. The van der Waals surface area contributed by atoms with Gasteiger partial charge in [0.25, 0.3) is 0 Å². The van der Waals surface area contributed by atoms with Crippen molar-refractivity contribution in [2.24, 2.45) is 0 Å². The minimum atomic E-state index is -4.58. The SMILES string of the molecule is FC(F)(F)C1=CC(Cl)(C=C(Br)Br)C(n2nccc2Cl)C(Cl)=C1. The molecule has 1 aliphatic rings. The topological polar surface area (TPSA) is 17.8 Å². The van der Waals surface area contributed by atoms with Crippen LogP contribution in [0.3, 0.4) is 0 Å². The first-order valence-electron chi connectivity index (χ1n) is 5.63. The fraction of sp³-hybridized carbons (Fsp3) is 0.250. The van der Waals surface area contributed by atoms with Gasteiger partial charge in [-0.25, -0.2) is 4.68 Å². The van der Waals surface area contributed by atoms with E-state index in [-0.39, 0.29) is 10.2 Å². The highest BCUT2D eigenvalue weighted by Crippen LogP contribution is 2.48. The van der Waals surface area contributed by atoms with Crippen LogP contribution in [0.5, 0.6) is 0 Å². The molecule has 0 bridgehead atoms. The molecular weight excluding hydrogens is 495 g/mol. The molecule has 22 heavy (non-hydrogen) atoms. The Morgan fingerprint density at radius 2 is 2.00 bits per heavy atom. The third-order valence-electron chi connectivity index (χ3n) is 2.87. The smallest absolute Gasteiger partial charge is 0.243 e. The molecule has 2 nitrogen and oxygen atoms in total. The van der Waals surface area contributed by atoms with Crippen LogP contribution in [0.4, 0.5) is 13.2 Å². The largest absolute Gasteiger partial charge is 0.416 e. The van der Waals surface area contributed by atoms with Gasteiger partial charge in [-0.3, -0.25) is 0 Å². The van der Waals surface area contributed by atoms with Crippen LogP contribution in [0.25, 0.3) is 0 Å². The second-order valence-electron chi connectivity index (χ2n) is 4.39. The molecule has 0 N–H and O–H groups in total. The van der Waals surface area contributed by atoms with Gasteiger partial charge < -0.3 is 0 Å². The molecule has 2 unspecified atom stereocenters. The number of hydrogen-bond acceptors (Lipinski definition) is 1. The van der Waals surface area contributed by atoms with Gasteiger partial charge in [-0.15, -0.1) is 11.6 Å². The Labute approximate surface area is 155 Å². The summed E-state index contributed by atoms with van der Waals surface area (Å²) in [6.07, 6.45) is -0.129. The first-order valence-corrected chi connectivity index (χ1v) is 8.35. The minimum absolute atomic E-state index is 0.132. The number of halogens is 8. The lowest BCUT2D eigenvalue weighted by Crippen LogP contribution is -2.36. The van der Waals surface area contributed by atoms with E-state index in [2.05, 4.69) is 37.0 Å². The van der Waals surface area contributed by atoms with Crippen LogP contribution >= 0.6 is 66.7 Å². The molecule has 0 aromatic carbocycles. The zero-order chi connectivity index (χ0) is 16.7. The Hall–Kier alpha value is 0.0500. The van der Waals surface area contributed by atoms with E-state index in [0.29, 0.717) is 3.39 Å². The maximum atomic E-state index is 13.0. The van der Waals surface area contributed by atoms with Gasteiger partial charge >= 0.3 is 6.18 Å². The Bertz CT molecular complexity index is 677. The Balaban J connectivity index is 2.64. The van der Waals surface area contributed by atoms with Crippen LogP contribution in [-0.2, 0) is 0 Å². The molecule has 1 aliphatic carbocycles. The quantitative estimate of drug-likeness (QED) is 0.435. The van der Waals surface area contributed by atoms with Crippen molar-refractivity contribution in [2.45, 2.75) is 17.1 Å². The van der Waals surface area contributed by atoms with E-state index in [1.165, 1.54) is 23.0 Å². The van der Waals surface area contributed by atoms with Gasteiger partial charge in [0.2, 0.25) is 0 Å². The van der Waals surface area contributed by atoms with Crippen LogP contribution in [0, 0.1) is 0 Å². The fourth-order valence-electron chi connectivity index (χ4n) is 2.04. The average molecular weight is 501 g/mol. The van der Waals surface area contributed by atoms with Crippen molar-refractivity contribution in [3.8, 4) is 0 Å². The molecule has 0 aliphatic heterocycles. The monoisotopic (exact) mass is 498 g/mol. The van der Waals surface area contributed by atoms with E-state index in [4.69, 9.17) is 34.8 Å². The number of hydrogen-bond donors (Lipinski definition) is 0. The Kier molecular flexibility index (Phi) is 5.44. The third-order valence-corrected chi connectivity index (χ3v) is 4.37. The van der Waals surface area contributed by atoms with Gasteiger partial charge in [-0.1, -0.05) is 23.2 Å². The van der Waals surface area contributed by atoms with Crippen molar-refractivity contribution in [1.29, 1.82) is 0 Å². The standard InChI is InChI=1S/C12H6Br2Cl3F3N2/c13-8(14)5-11(17)4-6(12(18,19)20)3-7(15)10(11)22-9(16)1-2-21-22/h1-5,10H. The number of nitrogens with zero attached hydrogens (tertiary/aromatic N) is 2. The second kappa shape index (κ2) is 6.51. The van der Waals surface area contributed by atoms with Crippen LogP contribution in [0.2, 0.25) is 5.15 Å². The van der Waals surface area contributed by atoms with Gasteiger partial charge in [-0.2, -0.15) is 18.3 Å². The minimum Gasteiger partial charge on any atom is -0.243 e. The molecule has 0 spiro atoms. The summed E-state index contributed by atoms with van der Waals surface area (Å²) in [6.45, 7) is 0. The van der Waals surface area contributed by atoms with E-state index in [1.807, 2.05) is 0 Å². The molecule has 1 aromatic heterocycles. The van der Waals surface area contributed by atoms with Crippen LogP contribution < -0.4 is 0 Å². The summed E-state index contributed by atoms with van der Waals surface area (Å²) in [5, 5.41) is 4.05. The highest BCUT2D eigenvalue weighted by atomic mass is 79.9. The van der Waals surface area contributed by atoms with Crippen molar-refractivity contribution in [3.63, 3.8) is 0 Å². The number of allylic oxidation sites excluding steroid dienone is 5. The lowest BCUT2D eigenvalue weighted by Gasteiger charge is -2.35. The van der Waals surface area contributed by atoms with E-state index in [1.54, 1.807) is 0 Å². The zero-order valence-electron chi connectivity index (χ0n) is 10.4. The third kappa shape index (κ3) is 3.75. The highest BCUT2D eigenvalue weighted by molar-refractivity contribution is 9.28. The molecule has 0 radical (unpaired) electrons. The molecule has 10 heteroatoms. The molecule has 1 heterocycles. The van der Waals surface area contributed by atoms with Crippen LogP contribution in [-0.4, -0.2) is 20.8 Å². The maximum Gasteiger partial charge on any atom is 0.416 e. The van der Waals surface area contributed by atoms with Gasteiger partial charge in [0.15, 0.2) is 0 Å². The van der Waals surface area contributed by atoms with Gasteiger partial charge in [-0.05, 0) is 56.2 Å².